The standard InChI is InChI=1S/C23H21N5O2/c1-2-30-23(29)21-18(26-19(13-24)20(14-25)27-21)8-7-15-11-16-5-3-9-28-10-4-6-17(12-15)22(16)28/h7-8,11-12H,2-6,9-10H2,1H3/b8-7+. The molecule has 0 spiro atoms. The van der Waals surface area contributed by atoms with Gasteiger partial charge in [-0.3, -0.25) is 0 Å². The smallest absolute Gasteiger partial charge is 0.359 e. The normalized spacial score (nSPS) is 14.7. The minimum atomic E-state index is -0.665. The van der Waals surface area contributed by atoms with E-state index in [2.05, 4.69) is 27.0 Å². The fourth-order valence-electron chi connectivity index (χ4n) is 4.17. The number of esters is 1. The third-order valence-corrected chi connectivity index (χ3v) is 5.39. The van der Waals surface area contributed by atoms with Gasteiger partial charge in [-0.05, 0) is 67.5 Å². The van der Waals surface area contributed by atoms with Crippen LogP contribution in [0.2, 0.25) is 0 Å². The molecule has 0 amide bonds. The van der Waals surface area contributed by atoms with Crippen molar-refractivity contribution in [2.24, 2.45) is 0 Å². The summed E-state index contributed by atoms with van der Waals surface area (Å²) in [6, 6.07) is 8.04. The molecular weight excluding hydrogens is 378 g/mol. The average molecular weight is 399 g/mol. The van der Waals surface area contributed by atoms with Gasteiger partial charge in [0, 0.05) is 18.8 Å². The minimum Gasteiger partial charge on any atom is -0.461 e. The summed E-state index contributed by atoms with van der Waals surface area (Å²) in [5.41, 5.74) is 4.98. The van der Waals surface area contributed by atoms with Crippen LogP contribution in [0.25, 0.3) is 12.2 Å². The Morgan fingerprint density at radius 1 is 1.10 bits per heavy atom. The summed E-state index contributed by atoms with van der Waals surface area (Å²) in [7, 11) is 0. The predicted octanol–water partition coefficient (Wildman–Crippen LogP) is 3.27. The number of ether oxygens (including phenoxy) is 1. The van der Waals surface area contributed by atoms with Gasteiger partial charge in [0.2, 0.25) is 0 Å². The fourth-order valence-corrected chi connectivity index (χ4v) is 4.17. The van der Waals surface area contributed by atoms with Crippen molar-refractivity contribution in [3.63, 3.8) is 0 Å². The van der Waals surface area contributed by atoms with E-state index in [1.54, 1.807) is 13.0 Å². The Morgan fingerprint density at radius 3 is 2.33 bits per heavy atom. The molecule has 0 saturated heterocycles. The van der Waals surface area contributed by atoms with Crippen LogP contribution < -0.4 is 4.90 Å². The van der Waals surface area contributed by atoms with Gasteiger partial charge < -0.3 is 9.64 Å². The molecular formula is C23H21N5O2. The lowest BCUT2D eigenvalue weighted by molar-refractivity contribution is 0.0518. The molecule has 0 N–H and O–H groups in total. The van der Waals surface area contributed by atoms with Crippen molar-refractivity contribution in [1.29, 1.82) is 10.5 Å². The number of hydrogen-bond donors (Lipinski definition) is 0. The lowest BCUT2D eigenvalue weighted by atomic mass is 9.90. The van der Waals surface area contributed by atoms with Crippen molar-refractivity contribution in [1.82, 2.24) is 9.97 Å². The van der Waals surface area contributed by atoms with E-state index in [9.17, 15) is 15.3 Å². The molecule has 4 rings (SSSR count). The first-order valence-corrected chi connectivity index (χ1v) is 10.1. The molecule has 0 unspecified atom stereocenters. The summed E-state index contributed by atoms with van der Waals surface area (Å²) in [6.45, 7) is 4.11. The van der Waals surface area contributed by atoms with Crippen molar-refractivity contribution >= 4 is 23.8 Å². The Bertz CT molecular complexity index is 1090. The lowest BCUT2D eigenvalue weighted by Gasteiger charge is -2.37. The van der Waals surface area contributed by atoms with E-state index in [-0.39, 0.29) is 29.4 Å². The fraction of sp³-hybridized carbons (Fsp3) is 0.348. The molecule has 2 aromatic rings. The molecule has 30 heavy (non-hydrogen) atoms. The number of nitriles is 2. The minimum absolute atomic E-state index is 0.0610. The molecule has 7 heteroatoms. The van der Waals surface area contributed by atoms with Crippen LogP contribution in [0.3, 0.4) is 0 Å². The highest BCUT2D eigenvalue weighted by Crippen LogP contribution is 2.36. The third kappa shape index (κ3) is 3.62. The number of anilines is 1. The summed E-state index contributed by atoms with van der Waals surface area (Å²) in [5, 5.41) is 18.5. The third-order valence-electron chi connectivity index (χ3n) is 5.39. The van der Waals surface area contributed by atoms with Crippen LogP contribution >= 0.6 is 0 Å². The molecule has 7 nitrogen and oxygen atoms in total. The Hall–Kier alpha value is -3.71. The zero-order valence-corrected chi connectivity index (χ0v) is 16.8. The maximum atomic E-state index is 12.3. The van der Waals surface area contributed by atoms with E-state index in [1.165, 1.54) is 16.8 Å². The molecule has 2 aliphatic rings. The maximum absolute atomic E-state index is 12.3. The van der Waals surface area contributed by atoms with Crippen molar-refractivity contribution in [2.75, 3.05) is 24.6 Å². The van der Waals surface area contributed by atoms with Crippen LogP contribution in [-0.4, -0.2) is 35.6 Å². The Balaban J connectivity index is 1.75. The van der Waals surface area contributed by atoms with Crippen LogP contribution in [0.4, 0.5) is 5.69 Å². The number of carbonyl (C=O) groups is 1. The van der Waals surface area contributed by atoms with Gasteiger partial charge in [0.15, 0.2) is 17.1 Å². The zero-order valence-electron chi connectivity index (χ0n) is 16.8. The SMILES string of the molecule is CCOC(=O)c1nc(C#N)c(C#N)nc1/C=C/c1cc2c3c(c1)CCCN3CCC2. The first-order chi connectivity index (χ1) is 14.6. The first-order valence-electron chi connectivity index (χ1n) is 10.1. The van der Waals surface area contributed by atoms with Gasteiger partial charge in [0.05, 0.1) is 12.3 Å². The van der Waals surface area contributed by atoms with Crippen molar-refractivity contribution < 1.29 is 9.53 Å². The van der Waals surface area contributed by atoms with Gasteiger partial charge in [0.1, 0.15) is 12.1 Å². The summed E-state index contributed by atoms with van der Waals surface area (Å²) >= 11 is 0. The van der Waals surface area contributed by atoms with E-state index in [4.69, 9.17) is 4.74 Å². The van der Waals surface area contributed by atoms with Gasteiger partial charge >= 0.3 is 5.97 Å². The summed E-state index contributed by atoms with van der Waals surface area (Å²) < 4.78 is 5.05. The molecule has 0 radical (unpaired) electrons. The first kappa shape index (κ1) is 19.6. The summed E-state index contributed by atoms with van der Waals surface area (Å²) in [5.74, 6) is -0.665. The highest BCUT2D eigenvalue weighted by molar-refractivity contribution is 5.92. The van der Waals surface area contributed by atoms with E-state index in [1.807, 2.05) is 18.2 Å². The molecule has 0 bridgehead atoms. The number of nitrogens with zero attached hydrogens (tertiary/aromatic N) is 5. The van der Waals surface area contributed by atoms with E-state index in [0.717, 1.165) is 44.3 Å². The molecule has 0 saturated carbocycles. The molecule has 2 aliphatic heterocycles. The number of aryl methyl sites for hydroxylation is 2. The molecule has 0 atom stereocenters. The monoisotopic (exact) mass is 399 g/mol. The predicted molar refractivity (Wildman–Crippen MR) is 112 cm³/mol. The van der Waals surface area contributed by atoms with E-state index >= 15 is 0 Å². The number of aromatic nitrogens is 2. The maximum Gasteiger partial charge on any atom is 0.359 e. The van der Waals surface area contributed by atoms with Crippen molar-refractivity contribution in [2.45, 2.75) is 32.6 Å². The van der Waals surface area contributed by atoms with Gasteiger partial charge in [-0.15, -0.1) is 0 Å². The summed E-state index contributed by atoms with van der Waals surface area (Å²) in [4.78, 5) is 23.0. The van der Waals surface area contributed by atoms with E-state index in [0.29, 0.717) is 0 Å². The van der Waals surface area contributed by atoms with Crippen LogP contribution in [0.15, 0.2) is 12.1 Å². The Kier molecular flexibility index (Phi) is 5.45. The zero-order chi connectivity index (χ0) is 21.1. The van der Waals surface area contributed by atoms with Crippen molar-refractivity contribution in [3.8, 4) is 12.1 Å². The second-order valence-corrected chi connectivity index (χ2v) is 7.31. The highest BCUT2D eigenvalue weighted by Gasteiger charge is 2.24. The molecule has 0 aliphatic carbocycles. The number of rotatable bonds is 4. The largest absolute Gasteiger partial charge is 0.461 e. The lowest BCUT2D eigenvalue weighted by Crippen LogP contribution is -2.34. The molecule has 3 heterocycles. The topological polar surface area (TPSA) is 103 Å². The second-order valence-electron chi connectivity index (χ2n) is 7.31. The van der Waals surface area contributed by atoms with Gasteiger partial charge in [0.25, 0.3) is 0 Å². The molecule has 0 fully saturated rings. The van der Waals surface area contributed by atoms with Crippen LogP contribution in [0.5, 0.6) is 0 Å². The van der Waals surface area contributed by atoms with Crippen LogP contribution in [0, 0.1) is 22.7 Å². The van der Waals surface area contributed by atoms with Gasteiger partial charge in [-0.2, -0.15) is 10.5 Å². The quantitative estimate of drug-likeness (QED) is 0.727. The average Bonchev–Trinajstić information content (AvgIpc) is 2.77. The molecule has 1 aromatic carbocycles. The number of hydrogen-bond acceptors (Lipinski definition) is 7. The Labute approximate surface area is 175 Å². The van der Waals surface area contributed by atoms with Gasteiger partial charge in [-0.25, -0.2) is 14.8 Å². The van der Waals surface area contributed by atoms with Gasteiger partial charge in [-0.1, -0.05) is 6.08 Å². The van der Waals surface area contributed by atoms with E-state index < -0.39 is 5.97 Å². The van der Waals surface area contributed by atoms with Crippen LogP contribution in [-0.2, 0) is 17.6 Å². The number of carbonyl (C=O) groups excluding carboxylic acids is 1. The highest BCUT2D eigenvalue weighted by atomic mass is 16.5. The summed E-state index contributed by atoms with van der Waals surface area (Å²) in [6.07, 6.45) is 7.97. The molecule has 1 aromatic heterocycles. The second kappa shape index (κ2) is 8.34. The Morgan fingerprint density at radius 2 is 1.73 bits per heavy atom. The van der Waals surface area contributed by atoms with Crippen LogP contribution in [0.1, 0.15) is 64.0 Å². The van der Waals surface area contributed by atoms with Crippen molar-refractivity contribution in [3.05, 3.63) is 51.6 Å². The number of benzene rings is 1. The molecule has 150 valence electrons.